The second-order valence-corrected chi connectivity index (χ2v) is 3.11. The summed E-state index contributed by atoms with van der Waals surface area (Å²) in [4.78, 5) is 11.2. The highest BCUT2D eigenvalue weighted by molar-refractivity contribution is 7.80. The summed E-state index contributed by atoms with van der Waals surface area (Å²) in [6.07, 6.45) is 0. The van der Waals surface area contributed by atoms with Crippen molar-refractivity contribution in [2.24, 2.45) is 5.73 Å². The molecule has 1 rings (SSSR count). The van der Waals surface area contributed by atoms with Crippen LogP contribution in [0.2, 0.25) is 0 Å². The number of hydrogen-bond donors (Lipinski definition) is 3. The molecule has 1 aromatic carbocycles. The third-order valence-corrected chi connectivity index (χ3v) is 1.69. The summed E-state index contributed by atoms with van der Waals surface area (Å²) >= 11 is 4.51. The van der Waals surface area contributed by atoms with Gasteiger partial charge in [-0.1, -0.05) is 0 Å². The molecule has 15 heavy (non-hydrogen) atoms. The molecule has 6 heteroatoms. The van der Waals surface area contributed by atoms with E-state index in [0.717, 1.165) is 5.75 Å². The number of carbonyl (C=O) groups is 1. The molecule has 0 fully saturated rings. The van der Waals surface area contributed by atoms with E-state index in [0.29, 0.717) is 5.69 Å². The van der Waals surface area contributed by atoms with Gasteiger partial charge in [0.1, 0.15) is 5.75 Å². The van der Waals surface area contributed by atoms with Gasteiger partial charge < -0.3 is 15.8 Å². The quantitative estimate of drug-likeness (QED) is 0.658. The van der Waals surface area contributed by atoms with Crippen molar-refractivity contribution in [2.45, 2.75) is 0 Å². The van der Waals surface area contributed by atoms with E-state index in [1.807, 2.05) is 0 Å². The lowest BCUT2D eigenvalue weighted by Gasteiger charge is -2.06. The molecule has 0 saturated carbocycles. The zero-order chi connectivity index (χ0) is 11.3. The number of nitrogens with two attached hydrogens (primary N) is 1. The van der Waals surface area contributed by atoms with Gasteiger partial charge in [0.25, 0.3) is 0 Å². The Labute approximate surface area is 92.6 Å². The molecule has 0 aliphatic heterocycles. The molecule has 0 atom stereocenters. The number of urea groups is 1. The van der Waals surface area contributed by atoms with Gasteiger partial charge in [0.2, 0.25) is 0 Å². The van der Waals surface area contributed by atoms with Gasteiger partial charge in [-0.25, -0.2) is 4.79 Å². The van der Waals surface area contributed by atoms with E-state index in [9.17, 15) is 4.79 Å². The van der Waals surface area contributed by atoms with Crippen molar-refractivity contribution in [2.75, 3.05) is 12.4 Å². The largest absolute Gasteiger partial charge is 0.497 e. The third kappa shape index (κ3) is 3.82. The van der Waals surface area contributed by atoms with Crippen LogP contribution in [0.5, 0.6) is 5.75 Å². The van der Waals surface area contributed by atoms with E-state index < -0.39 is 6.03 Å². The Morgan fingerprint density at radius 3 is 2.47 bits per heavy atom. The minimum Gasteiger partial charge on any atom is -0.497 e. The van der Waals surface area contributed by atoms with E-state index in [1.165, 1.54) is 0 Å². The molecule has 4 N–H and O–H groups in total. The average molecular weight is 225 g/mol. The Morgan fingerprint density at radius 2 is 2.00 bits per heavy atom. The van der Waals surface area contributed by atoms with Gasteiger partial charge in [-0.3, -0.25) is 5.32 Å². The number of ether oxygens (including phenoxy) is 1. The lowest BCUT2D eigenvalue weighted by Crippen LogP contribution is -2.37. The van der Waals surface area contributed by atoms with Crippen molar-refractivity contribution in [1.82, 2.24) is 5.32 Å². The number of carbonyl (C=O) groups excluding carboxylic acids is 1. The summed E-state index contributed by atoms with van der Waals surface area (Å²) < 4.78 is 4.97. The van der Waals surface area contributed by atoms with Crippen molar-refractivity contribution in [3.05, 3.63) is 24.3 Å². The highest BCUT2D eigenvalue weighted by Crippen LogP contribution is 2.14. The van der Waals surface area contributed by atoms with Crippen LogP contribution in [-0.4, -0.2) is 18.3 Å². The first-order chi connectivity index (χ1) is 7.11. The van der Waals surface area contributed by atoms with Crippen LogP contribution in [0.3, 0.4) is 0 Å². The molecule has 0 saturated heterocycles. The standard InChI is InChI=1S/C9H11N3O2S/c1-14-7-4-2-6(3-5-7)11-9(13)12-8(10)15/h2-5H,1H3,(H4,10,11,12,13,15). The van der Waals surface area contributed by atoms with E-state index in [2.05, 4.69) is 22.9 Å². The normalized spacial score (nSPS) is 9.13. The number of rotatable bonds is 2. The van der Waals surface area contributed by atoms with Gasteiger partial charge in [0.05, 0.1) is 7.11 Å². The highest BCUT2D eigenvalue weighted by Gasteiger charge is 2.01. The second-order valence-electron chi connectivity index (χ2n) is 2.67. The third-order valence-electron chi connectivity index (χ3n) is 1.58. The monoisotopic (exact) mass is 225 g/mol. The maximum Gasteiger partial charge on any atom is 0.325 e. The molecule has 5 nitrogen and oxygen atoms in total. The second kappa shape index (κ2) is 5.16. The van der Waals surface area contributed by atoms with E-state index in [4.69, 9.17) is 10.5 Å². The first kappa shape index (κ1) is 11.3. The molecule has 0 aliphatic carbocycles. The van der Waals surface area contributed by atoms with Gasteiger partial charge in [-0.15, -0.1) is 0 Å². The highest BCUT2D eigenvalue weighted by atomic mass is 32.1. The molecular weight excluding hydrogens is 214 g/mol. The zero-order valence-electron chi connectivity index (χ0n) is 8.11. The summed E-state index contributed by atoms with van der Waals surface area (Å²) in [7, 11) is 1.57. The van der Waals surface area contributed by atoms with Gasteiger partial charge in [0, 0.05) is 5.69 Å². The number of amides is 2. The molecule has 0 bridgehead atoms. The lowest BCUT2D eigenvalue weighted by atomic mass is 10.3. The van der Waals surface area contributed by atoms with Gasteiger partial charge in [0.15, 0.2) is 5.11 Å². The first-order valence-electron chi connectivity index (χ1n) is 4.13. The number of benzene rings is 1. The summed E-state index contributed by atoms with van der Waals surface area (Å²) in [5.41, 5.74) is 5.76. The molecule has 0 heterocycles. The lowest BCUT2D eigenvalue weighted by molar-refractivity contribution is 0.256. The number of anilines is 1. The summed E-state index contributed by atoms with van der Waals surface area (Å²) in [6, 6.07) is 6.41. The smallest absolute Gasteiger partial charge is 0.325 e. The molecule has 80 valence electrons. The van der Waals surface area contributed by atoms with E-state index in [-0.39, 0.29) is 5.11 Å². The summed E-state index contributed by atoms with van der Waals surface area (Å²) in [5.74, 6) is 0.718. The summed E-state index contributed by atoms with van der Waals surface area (Å²) in [6.45, 7) is 0. The van der Waals surface area contributed by atoms with Crippen LogP contribution in [0.1, 0.15) is 0 Å². The topological polar surface area (TPSA) is 76.4 Å². The van der Waals surface area contributed by atoms with Crippen molar-refractivity contribution in [3.8, 4) is 5.75 Å². The molecule has 0 aliphatic rings. The number of hydrogen-bond acceptors (Lipinski definition) is 3. The van der Waals surface area contributed by atoms with Gasteiger partial charge in [-0.05, 0) is 36.5 Å². The molecule has 0 unspecified atom stereocenters. The first-order valence-corrected chi connectivity index (χ1v) is 4.54. The Bertz CT molecular complexity index is 364. The fourth-order valence-electron chi connectivity index (χ4n) is 0.949. The zero-order valence-corrected chi connectivity index (χ0v) is 8.93. The van der Waals surface area contributed by atoms with Crippen LogP contribution in [0.15, 0.2) is 24.3 Å². The predicted molar refractivity (Wildman–Crippen MR) is 61.9 cm³/mol. The fourth-order valence-corrected chi connectivity index (χ4v) is 1.04. The van der Waals surface area contributed by atoms with Crippen LogP contribution in [-0.2, 0) is 0 Å². The maximum atomic E-state index is 11.2. The number of thiocarbonyl (C=S) groups is 1. The number of methoxy groups -OCH3 is 1. The van der Waals surface area contributed by atoms with Crippen LogP contribution >= 0.6 is 12.2 Å². The number of nitrogens with one attached hydrogen (secondary N) is 2. The van der Waals surface area contributed by atoms with Gasteiger partial charge in [-0.2, -0.15) is 0 Å². The van der Waals surface area contributed by atoms with Crippen LogP contribution in [0.25, 0.3) is 0 Å². The Kier molecular flexibility index (Phi) is 3.87. The Hall–Kier alpha value is -1.82. The molecule has 0 aromatic heterocycles. The average Bonchev–Trinajstić information content (AvgIpc) is 2.17. The molecule has 0 radical (unpaired) electrons. The molecule has 0 spiro atoms. The SMILES string of the molecule is COc1ccc(NC(=O)NC(N)=S)cc1. The van der Waals surface area contributed by atoms with Crippen molar-refractivity contribution in [3.63, 3.8) is 0 Å². The minimum absolute atomic E-state index is 0.0685. The predicted octanol–water partition coefficient (Wildman–Crippen LogP) is 1.06. The van der Waals surface area contributed by atoms with E-state index in [1.54, 1.807) is 31.4 Å². The van der Waals surface area contributed by atoms with Crippen molar-refractivity contribution < 1.29 is 9.53 Å². The molecular formula is C9H11N3O2S. The van der Waals surface area contributed by atoms with Crippen LogP contribution in [0.4, 0.5) is 10.5 Å². The van der Waals surface area contributed by atoms with E-state index >= 15 is 0 Å². The Morgan fingerprint density at radius 1 is 1.40 bits per heavy atom. The molecule has 1 aromatic rings. The summed E-state index contributed by atoms with van der Waals surface area (Å²) in [5, 5.41) is 4.73. The minimum atomic E-state index is -0.465. The fraction of sp³-hybridized carbons (Fsp3) is 0.111. The van der Waals surface area contributed by atoms with Crippen LogP contribution < -0.4 is 21.1 Å². The van der Waals surface area contributed by atoms with Gasteiger partial charge >= 0.3 is 6.03 Å². The van der Waals surface area contributed by atoms with Crippen LogP contribution in [0, 0.1) is 0 Å². The maximum absolute atomic E-state index is 11.2. The molecule has 2 amide bonds. The van der Waals surface area contributed by atoms with Crippen molar-refractivity contribution >= 4 is 29.0 Å². The van der Waals surface area contributed by atoms with Crippen molar-refractivity contribution in [1.29, 1.82) is 0 Å². The Balaban J connectivity index is 2.57.